The zero-order valence-electron chi connectivity index (χ0n) is 93.8. The van der Waals surface area contributed by atoms with E-state index in [1.165, 1.54) is 12.8 Å². The molecule has 858 valence electrons. The van der Waals surface area contributed by atoms with E-state index in [1.54, 1.807) is 118 Å². The SMILES string of the molecule is C1CNCCNCCCNCCNC1.C1CNCCNCCNCCN1.C=C(P(=O)(OCC)OCC)P(=O)(OCC)OCC.CC(C)(C)OC(=O)CI.CCOC(=O)CN1CCCN(CC(=O)OCC)CCN(CC(=O)OCC)CCCN(CCP(C)(C)=O)CC1.CCOP(=O)(OCC)C(CN1CCN(CC(=O)OC(C)(C)C)CCN(CC(=O)OC(C)(C)C)CCN(CC(=O)OC(C)(C)C)CC1)P(=O)(OCC)OCC. The van der Waals surface area contributed by atoms with Crippen LogP contribution in [0.3, 0.4) is 0 Å². The average molecular weight is 2290 g/mol. The van der Waals surface area contributed by atoms with E-state index in [1.807, 2.05) is 97.1 Å². The number of carbonyl (C=O) groups excluding carboxylic acids is 7. The highest BCUT2D eigenvalue weighted by atomic mass is 127. The molecule has 49 heteroatoms. The minimum Gasteiger partial charge on any atom is -0.465 e. The van der Waals surface area contributed by atoms with Gasteiger partial charge in [0, 0.05) is 196 Å². The largest absolute Gasteiger partial charge is 0.465 e. The molecule has 0 amide bonds. The molecule has 4 aliphatic heterocycles. The van der Waals surface area contributed by atoms with Crippen molar-refractivity contribution < 1.29 is 126 Å². The fourth-order valence-corrected chi connectivity index (χ4v) is 24.5. The fourth-order valence-electron chi connectivity index (χ4n) is 14.3. The van der Waals surface area contributed by atoms with E-state index >= 15 is 0 Å². The number of rotatable bonds is 41. The van der Waals surface area contributed by atoms with E-state index in [0.29, 0.717) is 122 Å². The van der Waals surface area contributed by atoms with Gasteiger partial charge in [0.25, 0.3) is 0 Å². The Labute approximate surface area is 886 Å². The third-order valence-electron chi connectivity index (χ3n) is 20.6. The van der Waals surface area contributed by atoms with Crippen LogP contribution in [0.1, 0.15) is 185 Å². The molecule has 0 radical (unpaired) electrons. The Kier molecular flexibility index (Phi) is 82.8. The van der Waals surface area contributed by atoms with E-state index in [4.69, 9.17) is 69.3 Å². The van der Waals surface area contributed by atoms with Crippen LogP contribution in [0.5, 0.6) is 0 Å². The lowest BCUT2D eigenvalue weighted by Gasteiger charge is -2.37. The Morgan fingerprint density at radius 1 is 0.283 bits per heavy atom. The molecule has 0 aromatic heterocycles. The smallest absolute Gasteiger partial charge is 0.368 e. The van der Waals surface area contributed by atoms with Gasteiger partial charge in [-0.3, -0.25) is 86.1 Å². The molecule has 145 heavy (non-hydrogen) atoms. The molecular weight excluding hydrogens is 2090 g/mol. The number of nitrogens with one attached hydrogen (secondary N) is 8. The standard InChI is InChI=1S/C36H72N4O12P2.C26H51N4O7P.C10H24N4.C10H22O6P2.C8H20N4.C6H11IO2/c1-14-46-53(44,47-15-2)33(54(45,48-16-3)49-17-4)29-40-24-22-38(27-31(42)51-35(8,9)10)20-18-37(26-30(41)50-34(5,6)7)19-21-39(23-25-40)28-32(43)52-36(11,12)13;1-6-35-24(31)21-28-13-10-14-30(23-26(33)37-8-3)18-17-29(22-25(32)36-7-2)12-9-11-27(15-16-28)19-20-38(4,5)34;1-3-11-7-9-13-5-2-6-14-10-8-12-4-1;1-6-13-17(11,14-7-2)10(5)18(12,15-8-3)16-9-4;1-2-10-5-6-12-8-7-11-4-3-9-1;1-6(2,3)9-5(8)4-7/h33H,14-29H2,1-13H3;6-23H2,1-5H3;11-14H,1-10H2;5-9H2,1-4H3;9-12H,1-8H2;4H2,1-3H3. The molecule has 0 aliphatic carbocycles. The summed E-state index contributed by atoms with van der Waals surface area (Å²) in [4.78, 5) is 103. The van der Waals surface area contributed by atoms with E-state index in [0.717, 1.165) is 137 Å². The summed E-state index contributed by atoms with van der Waals surface area (Å²) >= 11 is 1.98. The second-order valence-corrected chi connectivity index (χ2v) is 52.4. The molecule has 4 heterocycles. The number of hydrogen-bond acceptors (Lipinski definition) is 43. The van der Waals surface area contributed by atoms with Crippen LogP contribution in [-0.2, 0) is 126 Å². The molecule has 43 nitrogen and oxygen atoms in total. The molecule has 8 N–H and O–H groups in total. The Morgan fingerprint density at radius 3 is 0.703 bits per heavy atom. The number of hydrogen-bond donors (Lipinski definition) is 8. The Morgan fingerprint density at radius 2 is 0.490 bits per heavy atom. The third-order valence-corrected chi connectivity index (χ3v) is 33.6. The van der Waals surface area contributed by atoms with Crippen LogP contribution in [0, 0.1) is 0 Å². The number of esters is 7. The van der Waals surface area contributed by atoms with Crippen LogP contribution < -0.4 is 42.5 Å². The van der Waals surface area contributed by atoms with E-state index in [9.17, 15) is 56.4 Å². The Balaban J connectivity index is 0. The fraction of sp³-hybridized carbons (Fsp3) is 0.906. The van der Waals surface area contributed by atoms with Crippen molar-refractivity contribution in [1.29, 1.82) is 0 Å². The van der Waals surface area contributed by atoms with Gasteiger partial charge in [0.1, 0.15) is 27.5 Å². The minimum atomic E-state index is -4.08. The van der Waals surface area contributed by atoms with Gasteiger partial charge < -0.3 is 121 Å². The lowest BCUT2D eigenvalue weighted by molar-refractivity contribution is -0.158. The van der Waals surface area contributed by atoms with Crippen molar-refractivity contribution >= 4 is 102 Å². The second-order valence-electron chi connectivity index (χ2n) is 38.7. The molecule has 4 rings (SSSR count). The van der Waals surface area contributed by atoms with Gasteiger partial charge in [-0.2, -0.15) is 0 Å². The first kappa shape index (κ1) is 144. The van der Waals surface area contributed by atoms with Crippen molar-refractivity contribution in [3.05, 3.63) is 11.6 Å². The quantitative estimate of drug-likeness (QED) is 0.00927. The topological polar surface area (TPSA) is 465 Å². The number of ether oxygens (including phenoxy) is 7. The van der Waals surface area contributed by atoms with Gasteiger partial charge in [0.15, 0.2) is 5.40 Å². The predicted molar refractivity (Wildman–Crippen MR) is 586 cm³/mol. The summed E-state index contributed by atoms with van der Waals surface area (Å²) in [5, 5.41) is 25.6. The van der Waals surface area contributed by atoms with E-state index in [2.05, 4.69) is 68.7 Å². The monoisotopic (exact) mass is 2290 g/mol. The zero-order valence-corrected chi connectivity index (χ0v) is 100. The highest BCUT2D eigenvalue weighted by Gasteiger charge is 2.52. The highest BCUT2D eigenvalue weighted by molar-refractivity contribution is 14.1. The lowest BCUT2D eigenvalue weighted by atomic mass is 10.2. The lowest BCUT2D eigenvalue weighted by Crippen LogP contribution is -2.50. The highest BCUT2D eigenvalue weighted by Crippen LogP contribution is 2.73. The summed E-state index contributed by atoms with van der Waals surface area (Å²) in [5.41, 5.74) is -2.38. The molecule has 0 aromatic rings. The molecule has 0 bridgehead atoms. The summed E-state index contributed by atoms with van der Waals surface area (Å²) in [6, 6.07) is 0. The van der Waals surface area contributed by atoms with Crippen LogP contribution in [0.15, 0.2) is 11.6 Å². The van der Waals surface area contributed by atoms with Gasteiger partial charge in [0.2, 0.25) is 0 Å². The number of alkyl halides is 1. The van der Waals surface area contributed by atoms with Crippen molar-refractivity contribution in [3.63, 3.8) is 0 Å². The molecule has 0 aromatic carbocycles. The first-order valence-corrected chi connectivity index (χ1v) is 63.0. The van der Waals surface area contributed by atoms with Gasteiger partial charge in [-0.25, -0.2) is 0 Å². The summed E-state index contributed by atoms with van der Waals surface area (Å²) in [6.45, 7) is 76.6. The van der Waals surface area contributed by atoms with Crippen molar-refractivity contribution in [2.45, 2.75) is 213 Å². The van der Waals surface area contributed by atoms with Crippen molar-refractivity contribution in [3.8, 4) is 0 Å². The first-order chi connectivity index (χ1) is 68.3. The maximum absolute atomic E-state index is 14.5. The third kappa shape index (κ3) is 78.7. The average Bonchev–Trinajstić information content (AvgIpc) is 0.791. The Bertz CT molecular complexity index is 3440. The van der Waals surface area contributed by atoms with Gasteiger partial charge in [-0.15, -0.1) is 0 Å². The maximum Gasteiger partial charge on any atom is 0.368 e. The summed E-state index contributed by atoms with van der Waals surface area (Å²) < 4.78 is 147. The van der Waals surface area contributed by atoms with E-state index < -0.39 is 71.7 Å². The number of carbonyl (C=O) groups is 7. The van der Waals surface area contributed by atoms with Gasteiger partial charge >= 0.3 is 72.2 Å². The molecule has 0 unspecified atom stereocenters. The van der Waals surface area contributed by atoms with Crippen molar-refractivity contribution in [2.24, 2.45) is 0 Å². The zero-order chi connectivity index (χ0) is 110. The molecule has 4 saturated heterocycles. The second kappa shape index (κ2) is 83.4. The van der Waals surface area contributed by atoms with Gasteiger partial charge in [-0.1, -0.05) is 29.2 Å². The van der Waals surface area contributed by atoms with Crippen LogP contribution in [0.25, 0.3) is 0 Å². The van der Waals surface area contributed by atoms with Crippen molar-refractivity contribution in [2.75, 3.05) is 358 Å². The molecule has 0 saturated carbocycles. The molecule has 0 atom stereocenters. The molecular formula is C96H200IN16O27P5. The summed E-state index contributed by atoms with van der Waals surface area (Å²) in [7, 11) is -17.7. The minimum absolute atomic E-state index is 0.0138. The van der Waals surface area contributed by atoms with Gasteiger partial charge in [-0.05, 0) is 231 Å². The number of halogens is 1. The molecule has 0 spiro atoms. The van der Waals surface area contributed by atoms with Crippen LogP contribution in [0.2, 0.25) is 0 Å². The number of nitrogens with zero attached hydrogens (tertiary/aromatic N) is 8. The molecule has 4 fully saturated rings. The van der Waals surface area contributed by atoms with Crippen LogP contribution in [-0.4, -0.2) is 467 Å². The maximum atomic E-state index is 14.5. The first-order valence-electron chi connectivity index (χ1n) is 52.4. The molecule has 4 aliphatic rings. The van der Waals surface area contributed by atoms with Crippen molar-refractivity contribution in [1.82, 2.24) is 81.7 Å². The van der Waals surface area contributed by atoms with Crippen LogP contribution >= 0.6 is 60.1 Å². The van der Waals surface area contributed by atoms with Gasteiger partial charge in [0.05, 0.1) is 124 Å². The summed E-state index contributed by atoms with van der Waals surface area (Å²) in [6.07, 6.45) is 4.67. The predicted octanol–water partition coefficient (Wildman–Crippen LogP) is 9.64. The van der Waals surface area contributed by atoms with Crippen LogP contribution in [0.4, 0.5) is 0 Å². The van der Waals surface area contributed by atoms with E-state index in [-0.39, 0.29) is 139 Å². The normalized spacial score (nSPS) is 17.9. The summed E-state index contributed by atoms with van der Waals surface area (Å²) in [5.74, 6) is -2.12. The Hall–Kier alpha value is -3.05.